The Morgan fingerprint density at radius 2 is 1.85 bits per heavy atom. The van der Waals surface area contributed by atoms with Crippen LogP contribution in [-0.2, 0) is 20.4 Å². The molecule has 5 nitrogen and oxygen atoms in total. The largest absolute Gasteiger partial charge is 0.351 e. The summed E-state index contributed by atoms with van der Waals surface area (Å²) in [6.45, 7) is 0.831. The van der Waals surface area contributed by atoms with Crippen molar-refractivity contribution in [2.45, 2.75) is 0 Å². The molecule has 0 bridgehead atoms. The molecule has 0 aromatic rings. The first-order valence-corrected chi connectivity index (χ1v) is 5.50. The van der Waals surface area contributed by atoms with Crippen molar-refractivity contribution in [1.29, 1.82) is 0 Å². The van der Waals surface area contributed by atoms with Gasteiger partial charge in [-0.25, -0.2) is 0 Å². The predicted molar refractivity (Wildman–Crippen MR) is 48.5 cm³/mol. The van der Waals surface area contributed by atoms with Gasteiger partial charge in [-0.05, 0) is 0 Å². The van der Waals surface area contributed by atoms with Gasteiger partial charge in [0.25, 0.3) is 0 Å². The summed E-state index contributed by atoms with van der Waals surface area (Å²) in [5.41, 5.74) is 0. The zero-order valence-corrected chi connectivity index (χ0v) is 8.23. The fourth-order valence-corrected chi connectivity index (χ4v) is 2.14. The van der Waals surface area contributed by atoms with E-state index in [1.165, 1.54) is 11.9 Å². The number of nitrogens with one attached hydrogen (secondary N) is 1. The molecule has 1 fully saturated rings. The quantitative estimate of drug-likeness (QED) is 0.479. The number of rotatable bonds is 0. The molecule has 0 radical (unpaired) electrons. The molecule has 0 aromatic heterocycles. The van der Waals surface area contributed by atoms with Crippen LogP contribution in [0.15, 0.2) is 0 Å². The van der Waals surface area contributed by atoms with Gasteiger partial charge in [-0.3, -0.25) is 13.8 Å². The van der Waals surface area contributed by atoms with Crippen molar-refractivity contribution < 1.29 is 13.8 Å². The topological polar surface area (TPSA) is 66.5 Å². The third-order valence-corrected chi connectivity index (χ3v) is 3.16. The van der Waals surface area contributed by atoms with Gasteiger partial charge in [-0.1, -0.05) is 0 Å². The lowest BCUT2D eigenvalue weighted by molar-refractivity contribution is -0.145. The maximum atomic E-state index is 11.3. The van der Waals surface area contributed by atoms with Gasteiger partial charge < -0.3 is 10.2 Å². The molecular weight excluding hydrogens is 192 g/mol. The SMILES string of the molecule is CNC(=O)C(=O)N1CCS(=O)CC1. The molecule has 1 saturated heterocycles. The summed E-state index contributed by atoms with van der Waals surface area (Å²) >= 11 is 0. The van der Waals surface area contributed by atoms with Crippen molar-refractivity contribution >= 4 is 22.6 Å². The number of nitrogens with zero attached hydrogens (tertiary/aromatic N) is 1. The van der Waals surface area contributed by atoms with E-state index < -0.39 is 22.6 Å². The number of hydrogen-bond donors (Lipinski definition) is 1. The number of amides is 2. The van der Waals surface area contributed by atoms with Gasteiger partial charge >= 0.3 is 11.8 Å². The first kappa shape index (κ1) is 10.2. The smallest absolute Gasteiger partial charge is 0.311 e. The number of likely N-dealkylation sites (N-methyl/N-ethyl adjacent to an activating group) is 1. The van der Waals surface area contributed by atoms with Gasteiger partial charge in [0.15, 0.2) is 0 Å². The third-order valence-electron chi connectivity index (χ3n) is 1.89. The average Bonchev–Trinajstić information content (AvgIpc) is 2.17. The molecule has 74 valence electrons. The van der Waals surface area contributed by atoms with E-state index in [2.05, 4.69) is 5.32 Å². The van der Waals surface area contributed by atoms with E-state index >= 15 is 0 Å². The molecule has 1 aliphatic rings. The van der Waals surface area contributed by atoms with Crippen molar-refractivity contribution in [3.63, 3.8) is 0 Å². The number of carbonyl (C=O) groups is 2. The summed E-state index contributed by atoms with van der Waals surface area (Å²) in [7, 11) is 0.601. The fraction of sp³-hybridized carbons (Fsp3) is 0.714. The van der Waals surface area contributed by atoms with Crippen LogP contribution in [0, 0.1) is 0 Å². The third kappa shape index (κ3) is 2.51. The molecule has 6 heteroatoms. The van der Waals surface area contributed by atoms with Crippen molar-refractivity contribution in [2.24, 2.45) is 0 Å². The molecule has 0 aliphatic carbocycles. The summed E-state index contributed by atoms with van der Waals surface area (Å²) in [6.07, 6.45) is 0. The highest BCUT2D eigenvalue weighted by molar-refractivity contribution is 7.85. The first-order valence-electron chi connectivity index (χ1n) is 4.01. The molecule has 1 rings (SSSR count). The molecule has 1 aliphatic heterocycles. The van der Waals surface area contributed by atoms with Crippen molar-refractivity contribution in [3.05, 3.63) is 0 Å². The summed E-state index contributed by atoms with van der Waals surface area (Å²) in [5.74, 6) is -0.183. The van der Waals surface area contributed by atoms with E-state index in [0.29, 0.717) is 24.6 Å². The van der Waals surface area contributed by atoms with Crippen LogP contribution in [0.2, 0.25) is 0 Å². The van der Waals surface area contributed by atoms with Crippen LogP contribution < -0.4 is 5.32 Å². The Labute approximate surface area is 78.9 Å². The van der Waals surface area contributed by atoms with E-state index in [0.717, 1.165) is 0 Å². The Morgan fingerprint density at radius 3 is 2.31 bits per heavy atom. The minimum Gasteiger partial charge on any atom is -0.351 e. The van der Waals surface area contributed by atoms with Crippen LogP contribution in [-0.4, -0.2) is 52.6 Å². The second-order valence-corrected chi connectivity index (χ2v) is 4.42. The van der Waals surface area contributed by atoms with E-state index in [1.54, 1.807) is 0 Å². The molecular formula is C7H12N2O3S. The monoisotopic (exact) mass is 204 g/mol. The number of carbonyl (C=O) groups excluding carboxylic acids is 2. The molecule has 0 aromatic carbocycles. The summed E-state index contributed by atoms with van der Waals surface area (Å²) < 4.78 is 10.9. The van der Waals surface area contributed by atoms with Crippen LogP contribution in [0.4, 0.5) is 0 Å². The highest BCUT2D eigenvalue weighted by atomic mass is 32.2. The van der Waals surface area contributed by atoms with Crippen LogP contribution in [0.1, 0.15) is 0 Å². The first-order chi connectivity index (χ1) is 6.15. The zero-order valence-electron chi connectivity index (χ0n) is 7.41. The van der Waals surface area contributed by atoms with Gasteiger partial charge in [0.2, 0.25) is 0 Å². The lowest BCUT2D eigenvalue weighted by atomic mass is 10.4. The Bertz CT molecular complexity index is 244. The lowest BCUT2D eigenvalue weighted by Gasteiger charge is -2.25. The van der Waals surface area contributed by atoms with Crippen molar-refractivity contribution in [1.82, 2.24) is 10.2 Å². The maximum Gasteiger partial charge on any atom is 0.311 e. The maximum absolute atomic E-state index is 11.3. The van der Waals surface area contributed by atoms with Crippen LogP contribution >= 0.6 is 0 Å². The van der Waals surface area contributed by atoms with Gasteiger partial charge in [0.05, 0.1) is 0 Å². The standard InChI is InChI=1S/C7H12N2O3S/c1-8-6(10)7(11)9-2-4-13(12)5-3-9/h2-5H2,1H3,(H,8,10). The van der Waals surface area contributed by atoms with Crippen molar-refractivity contribution in [3.8, 4) is 0 Å². The van der Waals surface area contributed by atoms with E-state index in [1.807, 2.05) is 0 Å². The summed E-state index contributed by atoms with van der Waals surface area (Å²) in [5, 5.41) is 2.27. The minimum absolute atomic E-state index is 0.416. The Hall–Kier alpha value is -0.910. The highest BCUT2D eigenvalue weighted by Gasteiger charge is 2.24. The predicted octanol–water partition coefficient (Wildman–Crippen LogP) is -1.68. The minimum atomic E-state index is -0.818. The highest BCUT2D eigenvalue weighted by Crippen LogP contribution is 2.00. The van der Waals surface area contributed by atoms with E-state index in [9.17, 15) is 13.8 Å². The van der Waals surface area contributed by atoms with Gasteiger partial charge in [0.1, 0.15) is 0 Å². The molecule has 13 heavy (non-hydrogen) atoms. The van der Waals surface area contributed by atoms with E-state index in [4.69, 9.17) is 0 Å². The molecule has 0 saturated carbocycles. The Kier molecular flexibility index (Phi) is 3.41. The van der Waals surface area contributed by atoms with Crippen LogP contribution in [0.3, 0.4) is 0 Å². The zero-order chi connectivity index (χ0) is 9.84. The van der Waals surface area contributed by atoms with E-state index in [-0.39, 0.29) is 0 Å². The fourth-order valence-electron chi connectivity index (χ4n) is 1.09. The molecule has 0 atom stereocenters. The van der Waals surface area contributed by atoms with Gasteiger partial charge in [0, 0.05) is 42.4 Å². The molecule has 0 spiro atoms. The second-order valence-electron chi connectivity index (χ2n) is 2.72. The van der Waals surface area contributed by atoms with Crippen LogP contribution in [0.5, 0.6) is 0 Å². The number of hydrogen-bond acceptors (Lipinski definition) is 3. The average molecular weight is 204 g/mol. The summed E-state index contributed by atoms with van der Waals surface area (Å²) in [4.78, 5) is 23.6. The molecule has 1 N–H and O–H groups in total. The molecule has 0 unspecified atom stereocenters. The Balaban J connectivity index is 2.49. The lowest BCUT2D eigenvalue weighted by Crippen LogP contribution is -2.47. The van der Waals surface area contributed by atoms with Crippen molar-refractivity contribution in [2.75, 3.05) is 31.6 Å². The van der Waals surface area contributed by atoms with Gasteiger partial charge in [-0.2, -0.15) is 0 Å². The molecule has 1 heterocycles. The molecule has 2 amide bonds. The Morgan fingerprint density at radius 1 is 1.31 bits per heavy atom. The van der Waals surface area contributed by atoms with Crippen LogP contribution in [0.25, 0.3) is 0 Å². The van der Waals surface area contributed by atoms with Gasteiger partial charge in [-0.15, -0.1) is 0 Å². The second kappa shape index (κ2) is 4.36. The summed E-state index contributed by atoms with van der Waals surface area (Å²) in [6, 6.07) is 0. The normalized spacial score (nSPS) is 18.4.